The van der Waals surface area contributed by atoms with Gasteiger partial charge >= 0.3 is 11.9 Å². The van der Waals surface area contributed by atoms with Crippen LogP contribution in [-0.2, 0) is 20.9 Å². The van der Waals surface area contributed by atoms with Crippen LogP contribution in [0.4, 0.5) is 0 Å². The summed E-state index contributed by atoms with van der Waals surface area (Å²) < 4.78 is 11.1. The van der Waals surface area contributed by atoms with E-state index in [9.17, 15) is 9.59 Å². The predicted octanol–water partition coefficient (Wildman–Crippen LogP) is 2.77. The lowest BCUT2D eigenvalue weighted by molar-refractivity contribution is -0.870. The van der Waals surface area contributed by atoms with Crippen LogP contribution in [0, 0.1) is 0 Å². The summed E-state index contributed by atoms with van der Waals surface area (Å²) >= 11 is 0. The molecule has 0 heterocycles. The first-order valence-electron chi connectivity index (χ1n) is 7.88. The Balaban J connectivity index is 2.06. The maximum absolute atomic E-state index is 12.1. The number of benzene rings is 2. The molecule has 0 bridgehead atoms. The van der Waals surface area contributed by atoms with Gasteiger partial charge in [0.05, 0.1) is 26.7 Å². The summed E-state index contributed by atoms with van der Waals surface area (Å²) in [6, 6.07) is 11.2. The lowest BCUT2D eigenvalue weighted by atomic mass is 10.0. The molecule has 0 aliphatic carbocycles. The molecule has 0 aliphatic heterocycles. The summed E-state index contributed by atoms with van der Waals surface area (Å²) in [5.41, 5.74) is 1.45. The highest BCUT2D eigenvalue weighted by atomic mass is 16.5. The third-order valence-corrected chi connectivity index (χ3v) is 3.58. The predicted molar refractivity (Wildman–Crippen MR) is 92.6 cm³/mol. The Morgan fingerprint density at radius 2 is 1.62 bits per heavy atom. The second-order valence-corrected chi connectivity index (χ2v) is 6.83. The zero-order chi connectivity index (χ0) is 17.7. The third kappa shape index (κ3) is 5.35. The quantitative estimate of drug-likeness (QED) is 0.604. The van der Waals surface area contributed by atoms with Crippen molar-refractivity contribution >= 4 is 22.7 Å². The minimum absolute atomic E-state index is 0.250. The molecular weight excluding hydrogens is 306 g/mol. The molecule has 0 radical (unpaired) electrons. The number of ether oxygens (including phenoxy) is 2. The van der Waals surface area contributed by atoms with E-state index in [0.29, 0.717) is 12.2 Å². The van der Waals surface area contributed by atoms with Gasteiger partial charge in [0, 0.05) is 6.92 Å². The van der Waals surface area contributed by atoms with Crippen molar-refractivity contribution in [2.45, 2.75) is 13.5 Å². The molecule has 5 heteroatoms. The Bertz CT molecular complexity index is 747. The van der Waals surface area contributed by atoms with E-state index in [0.717, 1.165) is 27.4 Å². The van der Waals surface area contributed by atoms with Crippen LogP contribution in [0.3, 0.4) is 0 Å². The van der Waals surface area contributed by atoms with Crippen LogP contribution in [0.1, 0.15) is 22.8 Å². The number of nitrogens with zero attached hydrogens (tertiary/aromatic N) is 1. The van der Waals surface area contributed by atoms with Crippen LogP contribution >= 0.6 is 0 Å². The third-order valence-electron chi connectivity index (χ3n) is 3.58. The van der Waals surface area contributed by atoms with Crippen LogP contribution in [0.2, 0.25) is 0 Å². The number of carbonyl (C=O) groups excluding carboxylic acids is 2. The molecular formula is C19H24NO4+. The van der Waals surface area contributed by atoms with Gasteiger partial charge in [-0.05, 0) is 34.5 Å². The topological polar surface area (TPSA) is 52.6 Å². The molecule has 2 aromatic rings. The van der Waals surface area contributed by atoms with E-state index >= 15 is 0 Å². The van der Waals surface area contributed by atoms with Crippen molar-refractivity contribution in [3.8, 4) is 0 Å². The first-order chi connectivity index (χ1) is 11.2. The van der Waals surface area contributed by atoms with Crippen molar-refractivity contribution in [1.29, 1.82) is 0 Å². The van der Waals surface area contributed by atoms with Gasteiger partial charge in [-0.2, -0.15) is 0 Å². The fourth-order valence-electron chi connectivity index (χ4n) is 2.19. The fourth-order valence-corrected chi connectivity index (χ4v) is 2.19. The largest absolute Gasteiger partial charge is 0.461 e. The number of esters is 2. The van der Waals surface area contributed by atoms with Crippen molar-refractivity contribution in [1.82, 2.24) is 0 Å². The highest BCUT2D eigenvalue weighted by Gasteiger charge is 2.12. The van der Waals surface area contributed by atoms with Crippen molar-refractivity contribution in [3.05, 3.63) is 47.5 Å². The molecule has 0 fully saturated rings. The molecule has 0 saturated carbocycles. The molecule has 0 aliphatic rings. The Labute approximate surface area is 142 Å². The van der Waals surface area contributed by atoms with Crippen LogP contribution in [0.15, 0.2) is 36.4 Å². The molecule has 0 atom stereocenters. The van der Waals surface area contributed by atoms with Gasteiger partial charge in [0.2, 0.25) is 0 Å². The van der Waals surface area contributed by atoms with Crippen LogP contribution in [0.5, 0.6) is 0 Å². The summed E-state index contributed by atoms with van der Waals surface area (Å²) in [4.78, 5) is 23.0. The highest BCUT2D eigenvalue weighted by molar-refractivity contribution is 5.95. The number of hydrogen-bond donors (Lipinski definition) is 0. The number of likely N-dealkylation sites (N-methyl/N-ethyl adjacent to an activating group) is 1. The number of carbonyl (C=O) groups is 2. The van der Waals surface area contributed by atoms with Crippen molar-refractivity contribution in [2.75, 3.05) is 34.3 Å². The lowest BCUT2D eigenvalue weighted by Crippen LogP contribution is -2.38. The molecule has 0 aromatic heterocycles. The molecule has 0 N–H and O–H groups in total. The van der Waals surface area contributed by atoms with E-state index < -0.39 is 0 Å². The minimum Gasteiger partial charge on any atom is -0.461 e. The lowest BCUT2D eigenvalue weighted by Gasteiger charge is -2.23. The van der Waals surface area contributed by atoms with Crippen molar-refractivity contribution in [3.63, 3.8) is 0 Å². The molecule has 0 amide bonds. The van der Waals surface area contributed by atoms with E-state index in [1.807, 2.05) is 30.3 Å². The molecule has 0 saturated heterocycles. The molecule has 24 heavy (non-hydrogen) atoms. The first kappa shape index (κ1) is 17.9. The van der Waals surface area contributed by atoms with E-state index in [2.05, 4.69) is 21.1 Å². The molecule has 2 rings (SSSR count). The van der Waals surface area contributed by atoms with E-state index in [1.54, 1.807) is 6.07 Å². The molecule has 0 unspecified atom stereocenters. The van der Waals surface area contributed by atoms with Gasteiger partial charge in [-0.15, -0.1) is 0 Å². The number of quaternary nitrogens is 1. The Kier molecular flexibility index (Phi) is 5.57. The zero-order valence-corrected chi connectivity index (χ0v) is 14.7. The van der Waals surface area contributed by atoms with E-state index in [-0.39, 0.29) is 18.5 Å². The Morgan fingerprint density at radius 1 is 0.958 bits per heavy atom. The second kappa shape index (κ2) is 7.45. The smallest absolute Gasteiger partial charge is 0.338 e. The fraction of sp³-hybridized carbons (Fsp3) is 0.368. The van der Waals surface area contributed by atoms with Crippen LogP contribution in [-0.4, -0.2) is 50.7 Å². The summed E-state index contributed by atoms with van der Waals surface area (Å²) in [6.45, 7) is 2.79. The average molecular weight is 330 g/mol. The van der Waals surface area contributed by atoms with E-state index in [1.165, 1.54) is 6.92 Å². The standard InChI is InChI=1S/C19H24NO4/c1-14(21)24-13-15-5-6-17-12-18(8-7-16(17)11-15)19(22)23-10-9-20(2,3)4/h5-8,11-12H,9-10,13H2,1-4H3/q+1. The molecule has 2 aromatic carbocycles. The van der Waals surface area contributed by atoms with Gasteiger partial charge in [-0.3, -0.25) is 4.79 Å². The van der Waals surface area contributed by atoms with Gasteiger partial charge in [0.25, 0.3) is 0 Å². The summed E-state index contributed by atoms with van der Waals surface area (Å²) in [5, 5.41) is 1.94. The van der Waals surface area contributed by atoms with Crippen molar-refractivity contribution < 1.29 is 23.5 Å². The summed E-state index contributed by atoms with van der Waals surface area (Å²) in [7, 11) is 6.16. The maximum Gasteiger partial charge on any atom is 0.338 e. The number of rotatable bonds is 6. The summed E-state index contributed by atoms with van der Waals surface area (Å²) in [6.07, 6.45) is 0. The molecule has 128 valence electrons. The number of fused-ring (bicyclic) bond motifs is 1. The average Bonchev–Trinajstić information content (AvgIpc) is 2.50. The van der Waals surface area contributed by atoms with Gasteiger partial charge in [-0.1, -0.05) is 18.2 Å². The zero-order valence-electron chi connectivity index (χ0n) is 14.7. The Hall–Kier alpha value is -2.40. The van der Waals surface area contributed by atoms with E-state index in [4.69, 9.17) is 9.47 Å². The second-order valence-electron chi connectivity index (χ2n) is 6.83. The normalized spacial score (nSPS) is 11.3. The molecule has 5 nitrogen and oxygen atoms in total. The van der Waals surface area contributed by atoms with Crippen LogP contribution in [0.25, 0.3) is 10.8 Å². The van der Waals surface area contributed by atoms with Gasteiger partial charge in [-0.25, -0.2) is 4.79 Å². The van der Waals surface area contributed by atoms with Gasteiger partial charge < -0.3 is 14.0 Å². The maximum atomic E-state index is 12.1. The van der Waals surface area contributed by atoms with Crippen molar-refractivity contribution in [2.24, 2.45) is 0 Å². The van der Waals surface area contributed by atoms with Crippen LogP contribution < -0.4 is 0 Å². The minimum atomic E-state index is -0.311. The van der Waals surface area contributed by atoms with Gasteiger partial charge in [0.1, 0.15) is 19.8 Å². The molecule has 0 spiro atoms. The first-order valence-corrected chi connectivity index (χ1v) is 7.88. The monoisotopic (exact) mass is 330 g/mol. The Morgan fingerprint density at radius 3 is 2.29 bits per heavy atom. The SMILES string of the molecule is CC(=O)OCc1ccc2cc(C(=O)OCC[N+](C)(C)C)ccc2c1. The summed E-state index contributed by atoms with van der Waals surface area (Å²) in [5.74, 6) is -0.614. The highest BCUT2D eigenvalue weighted by Crippen LogP contribution is 2.19. The van der Waals surface area contributed by atoms with Gasteiger partial charge in [0.15, 0.2) is 0 Å². The number of hydrogen-bond acceptors (Lipinski definition) is 4.